The average Bonchev–Trinajstić information content (AvgIpc) is 3.08. The third kappa shape index (κ3) is 7.41. The quantitative estimate of drug-likeness (QED) is 0.284. The maximum atomic E-state index is 5.81. The fraction of sp³-hybridized carbons (Fsp3) is 0.923. The second-order valence-electron chi connectivity index (χ2n) is 4.93. The summed E-state index contributed by atoms with van der Waals surface area (Å²) in [7, 11) is 0. The van der Waals surface area contributed by atoms with Crippen molar-refractivity contribution in [2.24, 2.45) is 16.1 Å². The molecular weight excluding hydrogens is 341 g/mol. The smallest absolute Gasteiger partial charge is 0.188 e. The van der Waals surface area contributed by atoms with Crippen LogP contribution in [-0.2, 0) is 4.74 Å². The van der Waals surface area contributed by atoms with Crippen LogP contribution in [0.5, 0.6) is 0 Å². The second-order valence-corrected chi connectivity index (χ2v) is 4.93. The molecule has 0 aromatic heterocycles. The van der Waals surface area contributed by atoms with Gasteiger partial charge in [-0.2, -0.15) is 0 Å². The van der Waals surface area contributed by atoms with Crippen molar-refractivity contribution in [3.05, 3.63) is 0 Å². The number of guanidine groups is 1. The first-order valence-corrected chi connectivity index (χ1v) is 6.84. The first-order chi connectivity index (χ1) is 8.22. The average molecular weight is 369 g/mol. The minimum atomic E-state index is 0. The lowest BCUT2D eigenvalue weighted by atomic mass is 10.0. The summed E-state index contributed by atoms with van der Waals surface area (Å²) in [5, 5.41) is 3.15. The number of halogens is 1. The minimum absolute atomic E-state index is 0. The van der Waals surface area contributed by atoms with E-state index in [1.165, 1.54) is 19.3 Å². The summed E-state index contributed by atoms with van der Waals surface area (Å²) in [6.07, 6.45) is 5.98. The Bertz CT molecular complexity index is 242. The normalized spacial score (nSPS) is 17.1. The maximum Gasteiger partial charge on any atom is 0.188 e. The van der Waals surface area contributed by atoms with E-state index in [1.54, 1.807) is 0 Å². The molecule has 0 radical (unpaired) electrons. The van der Waals surface area contributed by atoms with E-state index in [0.29, 0.717) is 11.4 Å². The molecule has 0 unspecified atom stereocenters. The summed E-state index contributed by atoms with van der Waals surface area (Å²) in [6, 6.07) is 0. The standard InChI is InChI=1S/C13H27N3O.HI/c1-3-5-9-15-12(14)16-11-13(6-7-13)8-10-17-4-2;/h3-11H2,1-2H3,(H3,14,15,16);1H. The fourth-order valence-corrected chi connectivity index (χ4v) is 1.80. The van der Waals surface area contributed by atoms with Crippen LogP contribution in [0.2, 0.25) is 0 Å². The molecular formula is C13H28IN3O. The molecule has 1 saturated carbocycles. The van der Waals surface area contributed by atoms with Crippen LogP contribution in [0.25, 0.3) is 0 Å². The molecule has 3 N–H and O–H groups in total. The van der Waals surface area contributed by atoms with Crippen molar-refractivity contribution in [2.75, 3.05) is 26.3 Å². The molecule has 0 spiro atoms. The molecule has 0 amide bonds. The van der Waals surface area contributed by atoms with Crippen molar-refractivity contribution in [3.63, 3.8) is 0 Å². The fourth-order valence-electron chi connectivity index (χ4n) is 1.80. The highest BCUT2D eigenvalue weighted by molar-refractivity contribution is 14.0. The Morgan fingerprint density at radius 2 is 2.11 bits per heavy atom. The molecule has 0 aliphatic heterocycles. The molecule has 108 valence electrons. The molecule has 18 heavy (non-hydrogen) atoms. The number of nitrogens with one attached hydrogen (secondary N) is 1. The lowest BCUT2D eigenvalue weighted by Gasteiger charge is -2.13. The zero-order chi connectivity index (χ0) is 12.6. The summed E-state index contributed by atoms with van der Waals surface area (Å²) in [4.78, 5) is 4.44. The largest absolute Gasteiger partial charge is 0.382 e. The third-order valence-corrected chi connectivity index (χ3v) is 3.36. The van der Waals surface area contributed by atoms with E-state index < -0.39 is 0 Å². The first-order valence-electron chi connectivity index (χ1n) is 6.84. The van der Waals surface area contributed by atoms with E-state index >= 15 is 0 Å². The highest BCUT2D eigenvalue weighted by Gasteiger charge is 2.41. The summed E-state index contributed by atoms with van der Waals surface area (Å²) >= 11 is 0. The minimum Gasteiger partial charge on any atom is -0.382 e. The van der Waals surface area contributed by atoms with Crippen LogP contribution in [0.15, 0.2) is 4.99 Å². The number of rotatable bonds is 9. The van der Waals surface area contributed by atoms with E-state index in [0.717, 1.165) is 39.1 Å². The van der Waals surface area contributed by atoms with Gasteiger partial charge in [-0.15, -0.1) is 24.0 Å². The van der Waals surface area contributed by atoms with Gasteiger partial charge < -0.3 is 15.8 Å². The molecule has 1 fully saturated rings. The first kappa shape index (κ1) is 18.0. The number of hydrogen-bond acceptors (Lipinski definition) is 2. The molecule has 1 aliphatic carbocycles. The van der Waals surface area contributed by atoms with Crippen molar-refractivity contribution in [1.29, 1.82) is 0 Å². The Morgan fingerprint density at radius 1 is 1.39 bits per heavy atom. The van der Waals surface area contributed by atoms with E-state index in [9.17, 15) is 0 Å². The van der Waals surface area contributed by atoms with Crippen LogP contribution in [-0.4, -0.2) is 32.3 Å². The Morgan fingerprint density at radius 3 is 2.67 bits per heavy atom. The van der Waals surface area contributed by atoms with Gasteiger partial charge in [0.1, 0.15) is 0 Å². The summed E-state index contributed by atoms with van der Waals surface area (Å²) in [6.45, 7) is 7.65. The van der Waals surface area contributed by atoms with Gasteiger partial charge in [0.15, 0.2) is 5.96 Å². The number of nitrogens with two attached hydrogens (primary N) is 1. The molecule has 0 aromatic carbocycles. The molecule has 1 aliphatic rings. The Kier molecular flexibility index (Phi) is 9.81. The second kappa shape index (κ2) is 9.83. The molecule has 0 bridgehead atoms. The van der Waals surface area contributed by atoms with Crippen LogP contribution in [0.4, 0.5) is 0 Å². The highest BCUT2D eigenvalue weighted by atomic mass is 127. The zero-order valence-electron chi connectivity index (χ0n) is 11.7. The van der Waals surface area contributed by atoms with Gasteiger partial charge in [-0.25, -0.2) is 0 Å². The van der Waals surface area contributed by atoms with E-state index in [1.807, 2.05) is 6.92 Å². The van der Waals surface area contributed by atoms with Crippen LogP contribution in [0.3, 0.4) is 0 Å². The molecule has 0 atom stereocenters. The van der Waals surface area contributed by atoms with Crippen molar-refractivity contribution < 1.29 is 4.74 Å². The predicted molar refractivity (Wildman–Crippen MR) is 87.6 cm³/mol. The van der Waals surface area contributed by atoms with Crippen molar-refractivity contribution in [3.8, 4) is 0 Å². The number of unbranched alkanes of at least 4 members (excludes halogenated alkanes) is 1. The van der Waals surface area contributed by atoms with Crippen molar-refractivity contribution >= 4 is 29.9 Å². The number of hydrogen-bond donors (Lipinski definition) is 2. The monoisotopic (exact) mass is 369 g/mol. The third-order valence-electron chi connectivity index (χ3n) is 3.36. The van der Waals surface area contributed by atoms with Gasteiger partial charge in [-0.1, -0.05) is 13.3 Å². The Balaban J connectivity index is 0.00000289. The van der Waals surface area contributed by atoms with Gasteiger partial charge in [0.2, 0.25) is 0 Å². The van der Waals surface area contributed by atoms with Crippen LogP contribution >= 0.6 is 24.0 Å². The van der Waals surface area contributed by atoms with Gasteiger partial charge in [0.25, 0.3) is 0 Å². The molecule has 0 heterocycles. The van der Waals surface area contributed by atoms with E-state index in [-0.39, 0.29) is 24.0 Å². The SMILES string of the molecule is CCCCNC(N)=NCC1(CCOCC)CC1.I. The van der Waals surface area contributed by atoms with E-state index in [2.05, 4.69) is 17.2 Å². The molecule has 1 rings (SSSR count). The summed E-state index contributed by atoms with van der Waals surface area (Å²) in [5.41, 5.74) is 6.21. The Labute approximate surface area is 128 Å². The van der Waals surface area contributed by atoms with Crippen molar-refractivity contribution in [1.82, 2.24) is 5.32 Å². The predicted octanol–water partition coefficient (Wildman–Crippen LogP) is 2.52. The van der Waals surface area contributed by atoms with E-state index in [4.69, 9.17) is 10.5 Å². The van der Waals surface area contributed by atoms with Crippen LogP contribution in [0, 0.1) is 5.41 Å². The van der Waals surface area contributed by atoms with Gasteiger partial charge in [0, 0.05) is 26.3 Å². The summed E-state index contributed by atoms with van der Waals surface area (Å²) < 4.78 is 5.40. The molecule has 0 saturated heterocycles. The number of nitrogens with zero attached hydrogens (tertiary/aromatic N) is 1. The lowest BCUT2D eigenvalue weighted by Crippen LogP contribution is -2.33. The lowest BCUT2D eigenvalue weighted by molar-refractivity contribution is 0.129. The van der Waals surface area contributed by atoms with Crippen molar-refractivity contribution in [2.45, 2.75) is 46.0 Å². The topological polar surface area (TPSA) is 59.6 Å². The highest BCUT2D eigenvalue weighted by Crippen LogP contribution is 2.48. The maximum absolute atomic E-state index is 5.81. The number of ether oxygens (including phenoxy) is 1. The molecule has 4 nitrogen and oxygen atoms in total. The summed E-state index contributed by atoms with van der Waals surface area (Å²) in [5.74, 6) is 0.598. The van der Waals surface area contributed by atoms with Crippen LogP contribution < -0.4 is 11.1 Å². The zero-order valence-corrected chi connectivity index (χ0v) is 14.0. The van der Waals surface area contributed by atoms with Gasteiger partial charge >= 0.3 is 0 Å². The van der Waals surface area contributed by atoms with Gasteiger partial charge in [-0.05, 0) is 38.0 Å². The van der Waals surface area contributed by atoms with Crippen LogP contribution in [0.1, 0.15) is 46.0 Å². The van der Waals surface area contributed by atoms with Gasteiger partial charge in [-0.3, -0.25) is 4.99 Å². The molecule has 0 aromatic rings. The Hall–Kier alpha value is -0.0400. The number of aliphatic imine (C=N–C) groups is 1. The van der Waals surface area contributed by atoms with Gasteiger partial charge in [0.05, 0.1) is 0 Å². The molecule has 5 heteroatoms.